The first-order valence-electron chi connectivity index (χ1n) is 8.44. The highest BCUT2D eigenvalue weighted by Gasteiger charge is 2.35. The fraction of sp³-hybridized carbons (Fsp3) is 0.733. The quantitative estimate of drug-likeness (QED) is 0.744. The molecule has 1 amide bonds. The summed E-state index contributed by atoms with van der Waals surface area (Å²) < 4.78 is 52.2. The van der Waals surface area contributed by atoms with Gasteiger partial charge in [0.05, 0.1) is 5.75 Å². The molecule has 1 fully saturated rings. The number of aromatic nitrogens is 2. The van der Waals surface area contributed by atoms with Crippen LogP contribution in [0.4, 0.5) is 8.78 Å². The van der Waals surface area contributed by atoms with E-state index in [0.717, 1.165) is 17.4 Å². The molecule has 2 rings (SSSR count). The number of hydrogen-bond acceptors (Lipinski definition) is 4. The highest BCUT2D eigenvalue weighted by Crippen LogP contribution is 2.21. The molecular formula is C15H24F2N4O3S. The molecule has 25 heavy (non-hydrogen) atoms. The number of rotatable bonds is 8. The van der Waals surface area contributed by atoms with Gasteiger partial charge in [0.25, 0.3) is 0 Å². The van der Waals surface area contributed by atoms with Crippen molar-refractivity contribution >= 4 is 15.9 Å². The summed E-state index contributed by atoms with van der Waals surface area (Å²) in [6.07, 6.45) is 5.09. The van der Waals surface area contributed by atoms with Gasteiger partial charge in [0.1, 0.15) is 11.9 Å². The van der Waals surface area contributed by atoms with Gasteiger partial charge in [-0.2, -0.15) is 13.1 Å². The molecule has 1 aliphatic rings. The summed E-state index contributed by atoms with van der Waals surface area (Å²) in [5.74, 6) is -0.188. The minimum atomic E-state index is -3.46. The summed E-state index contributed by atoms with van der Waals surface area (Å²) in [4.78, 5) is 16.3. The molecule has 1 saturated heterocycles. The molecule has 1 unspecified atom stereocenters. The molecular weight excluding hydrogens is 354 g/mol. The lowest BCUT2D eigenvalue weighted by Gasteiger charge is -2.33. The van der Waals surface area contributed by atoms with Gasteiger partial charge in [-0.05, 0) is 19.3 Å². The zero-order chi connectivity index (χ0) is 18.4. The number of hydrogen-bond donors (Lipinski definition) is 1. The van der Waals surface area contributed by atoms with Crippen LogP contribution in [0.5, 0.6) is 0 Å². The molecule has 142 valence electrons. The third-order valence-corrected chi connectivity index (χ3v) is 6.26. The number of halogens is 2. The van der Waals surface area contributed by atoms with Gasteiger partial charge in [-0.15, -0.1) is 0 Å². The van der Waals surface area contributed by atoms with Crippen LogP contribution in [-0.2, 0) is 21.2 Å². The lowest BCUT2D eigenvalue weighted by Crippen LogP contribution is -2.52. The Morgan fingerprint density at radius 3 is 2.88 bits per heavy atom. The van der Waals surface area contributed by atoms with Gasteiger partial charge in [0.15, 0.2) is 0 Å². The van der Waals surface area contributed by atoms with Crippen LogP contribution in [0.2, 0.25) is 0 Å². The number of nitrogens with one attached hydrogen (secondary N) is 1. The molecule has 1 aromatic heterocycles. The lowest BCUT2D eigenvalue weighted by atomic mass is 10.0. The molecule has 1 N–H and O–H groups in total. The maximum Gasteiger partial charge on any atom is 0.319 e. The smallest absolute Gasteiger partial charge is 0.319 e. The van der Waals surface area contributed by atoms with E-state index in [9.17, 15) is 22.0 Å². The van der Waals surface area contributed by atoms with Crippen molar-refractivity contribution in [1.82, 2.24) is 19.2 Å². The summed E-state index contributed by atoms with van der Waals surface area (Å²) in [6.45, 7) is -0.431. The second kappa shape index (κ2) is 8.70. The molecule has 10 heteroatoms. The van der Waals surface area contributed by atoms with Crippen LogP contribution in [0.1, 0.15) is 45.0 Å². The monoisotopic (exact) mass is 378 g/mol. The van der Waals surface area contributed by atoms with Crippen molar-refractivity contribution < 1.29 is 22.0 Å². The highest BCUT2D eigenvalue weighted by molar-refractivity contribution is 7.89. The van der Waals surface area contributed by atoms with E-state index in [4.69, 9.17) is 0 Å². The lowest BCUT2D eigenvalue weighted by molar-refractivity contribution is -0.125. The van der Waals surface area contributed by atoms with Crippen molar-refractivity contribution in [2.75, 3.05) is 18.8 Å². The average Bonchev–Trinajstić information content (AvgIpc) is 3.03. The number of nitrogens with zero attached hydrogens (tertiary/aromatic N) is 3. The molecule has 0 bridgehead atoms. The van der Waals surface area contributed by atoms with Crippen LogP contribution >= 0.6 is 0 Å². The van der Waals surface area contributed by atoms with Crippen LogP contribution in [0.3, 0.4) is 0 Å². The first kappa shape index (κ1) is 19.8. The first-order valence-corrected chi connectivity index (χ1v) is 10.0. The molecule has 0 aliphatic carbocycles. The van der Waals surface area contributed by atoms with Crippen molar-refractivity contribution in [2.24, 2.45) is 0 Å². The van der Waals surface area contributed by atoms with Crippen LogP contribution in [0.25, 0.3) is 0 Å². The van der Waals surface area contributed by atoms with Crippen molar-refractivity contribution in [3.05, 3.63) is 18.2 Å². The molecule has 0 spiro atoms. The average molecular weight is 378 g/mol. The van der Waals surface area contributed by atoms with Crippen LogP contribution in [-0.4, -0.2) is 53.1 Å². The van der Waals surface area contributed by atoms with Gasteiger partial charge < -0.3 is 5.32 Å². The van der Waals surface area contributed by atoms with Gasteiger partial charge in [0, 0.05) is 31.9 Å². The normalized spacial score (nSPS) is 19.3. The van der Waals surface area contributed by atoms with Crippen molar-refractivity contribution in [3.8, 4) is 0 Å². The second-order valence-electron chi connectivity index (χ2n) is 6.01. The molecule has 0 aromatic carbocycles. The summed E-state index contributed by atoms with van der Waals surface area (Å²) in [5.41, 5.74) is 0. The number of imidazole rings is 1. The largest absolute Gasteiger partial charge is 0.354 e. The van der Waals surface area contributed by atoms with Gasteiger partial charge in [-0.1, -0.05) is 13.3 Å². The minimum absolute atomic E-state index is 0.0165. The number of amides is 1. The summed E-state index contributed by atoms with van der Waals surface area (Å²) >= 11 is 0. The fourth-order valence-electron chi connectivity index (χ4n) is 3.01. The maximum atomic E-state index is 12.8. The van der Waals surface area contributed by atoms with Gasteiger partial charge in [-0.25, -0.2) is 13.4 Å². The Kier molecular flexibility index (Phi) is 6.88. The van der Waals surface area contributed by atoms with E-state index in [1.165, 1.54) is 16.7 Å². The fourth-order valence-corrected chi connectivity index (χ4v) is 4.75. The first-order chi connectivity index (χ1) is 11.9. The third-order valence-electron chi connectivity index (χ3n) is 4.18. The number of carbonyl (C=O) groups is 1. The number of alkyl halides is 2. The summed E-state index contributed by atoms with van der Waals surface area (Å²) in [5, 5.41) is 2.66. The van der Waals surface area contributed by atoms with Crippen molar-refractivity contribution in [2.45, 2.75) is 51.6 Å². The minimum Gasteiger partial charge on any atom is -0.354 e. The number of sulfonamides is 1. The SMILES string of the molecule is CCCS(=O)(=O)N1CCCCC1C(=O)NCCc1nccn1C(F)F. The Labute approximate surface area is 146 Å². The van der Waals surface area contributed by atoms with Crippen molar-refractivity contribution in [1.29, 1.82) is 0 Å². The Morgan fingerprint density at radius 1 is 1.44 bits per heavy atom. The Bertz CT molecular complexity index is 678. The van der Waals surface area contributed by atoms with E-state index < -0.39 is 22.6 Å². The van der Waals surface area contributed by atoms with E-state index in [2.05, 4.69) is 10.3 Å². The maximum absolute atomic E-state index is 12.8. The molecule has 1 aliphatic heterocycles. The number of carbonyl (C=O) groups excluding carboxylic acids is 1. The molecule has 2 heterocycles. The second-order valence-corrected chi connectivity index (χ2v) is 8.05. The van der Waals surface area contributed by atoms with E-state index in [0.29, 0.717) is 19.4 Å². The molecule has 1 atom stereocenters. The standard InChI is InChI=1S/C15H24F2N4O3S/c1-2-11-25(23,24)21-9-4-3-5-12(21)14(22)19-7-6-13-18-8-10-20(13)15(16)17/h8,10,12,15H,2-7,9,11H2,1H3,(H,19,22). The number of piperidine rings is 1. The summed E-state index contributed by atoms with van der Waals surface area (Å²) in [6, 6.07) is -0.722. The zero-order valence-electron chi connectivity index (χ0n) is 14.2. The van der Waals surface area contributed by atoms with E-state index >= 15 is 0 Å². The predicted molar refractivity (Wildman–Crippen MR) is 88.6 cm³/mol. The Balaban J connectivity index is 1.95. The van der Waals surface area contributed by atoms with Crippen LogP contribution in [0.15, 0.2) is 12.4 Å². The van der Waals surface area contributed by atoms with Crippen LogP contribution < -0.4 is 5.32 Å². The van der Waals surface area contributed by atoms with Crippen LogP contribution in [0, 0.1) is 0 Å². The van der Waals surface area contributed by atoms with Crippen molar-refractivity contribution in [3.63, 3.8) is 0 Å². The van der Waals surface area contributed by atoms with Gasteiger partial charge in [-0.3, -0.25) is 9.36 Å². The topological polar surface area (TPSA) is 84.3 Å². The molecule has 0 saturated carbocycles. The van der Waals surface area contributed by atoms with E-state index in [-0.39, 0.29) is 30.5 Å². The van der Waals surface area contributed by atoms with E-state index in [1.54, 1.807) is 6.92 Å². The zero-order valence-corrected chi connectivity index (χ0v) is 15.0. The molecule has 7 nitrogen and oxygen atoms in total. The predicted octanol–water partition coefficient (Wildman–Crippen LogP) is 1.53. The van der Waals surface area contributed by atoms with Gasteiger partial charge >= 0.3 is 6.55 Å². The molecule has 0 radical (unpaired) electrons. The summed E-state index contributed by atoms with van der Waals surface area (Å²) in [7, 11) is -3.46. The Morgan fingerprint density at radius 2 is 2.20 bits per heavy atom. The molecule has 1 aromatic rings. The van der Waals surface area contributed by atoms with Gasteiger partial charge in [0.2, 0.25) is 15.9 Å². The third kappa shape index (κ3) is 4.97. The Hall–Kier alpha value is -1.55. The van der Waals surface area contributed by atoms with E-state index in [1.807, 2.05) is 0 Å². The highest BCUT2D eigenvalue weighted by atomic mass is 32.2.